The molecule has 3 nitrogen and oxygen atoms in total. The second-order valence-corrected chi connectivity index (χ2v) is 3.34. The van der Waals surface area contributed by atoms with Crippen molar-refractivity contribution in [3.63, 3.8) is 0 Å². The standard InChI is InChI=1S/C10H17N3/c1-4-8(3)13-10-9(11)7(2)5-6-12-10/h5-6,8H,4,11H2,1-3H3,(H,12,13). The Hall–Kier alpha value is -1.25. The van der Waals surface area contributed by atoms with E-state index in [0.29, 0.717) is 6.04 Å². The fourth-order valence-electron chi connectivity index (χ4n) is 1.02. The van der Waals surface area contributed by atoms with Crippen LogP contribution in [0.4, 0.5) is 11.5 Å². The molecule has 0 bridgehead atoms. The third kappa shape index (κ3) is 2.34. The van der Waals surface area contributed by atoms with Crippen LogP contribution in [0, 0.1) is 6.92 Å². The molecule has 0 saturated carbocycles. The molecule has 1 heterocycles. The first-order chi connectivity index (χ1) is 6.15. The van der Waals surface area contributed by atoms with Crippen molar-refractivity contribution in [3.8, 4) is 0 Å². The van der Waals surface area contributed by atoms with Gasteiger partial charge in [0, 0.05) is 12.2 Å². The highest BCUT2D eigenvalue weighted by Crippen LogP contribution is 2.19. The molecule has 1 unspecified atom stereocenters. The number of pyridine rings is 1. The lowest BCUT2D eigenvalue weighted by Crippen LogP contribution is -2.16. The maximum absolute atomic E-state index is 5.86. The molecule has 13 heavy (non-hydrogen) atoms. The number of rotatable bonds is 3. The SMILES string of the molecule is CCC(C)Nc1nccc(C)c1N. The van der Waals surface area contributed by atoms with Gasteiger partial charge in [0.1, 0.15) is 5.82 Å². The average molecular weight is 179 g/mol. The van der Waals surface area contributed by atoms with Crippen molar-refractivity contribution < 1.29 is 0 Å². The van der Waals surface area contributed by atoms with Gasteiger partial charge in [-0.25, -0.2) is 4.98 Å². The number of hydrogen-bond acceptors (Lipinski definition) is 3. The van der Waals surface area contributed by atoms with Crippen molar-refractivity contribution in [1.82, 2.24) is 4.98 Å². The summed E-state index contributed by atoms with van der Waals surface area (Å²) in [7, 11) is 0. The number of nitrogen functional groups attached to an aromatic ring is 1. The van der Waals surface area contributed by atoms with E-state index in [2.05, 4.69) is 24.1 Å². The Labute approximate surface area is 79.4 Å². The molecule has 0 fully saturated rings. The second-order valence-electron chi connectivity index (χ2n) is 3.34. The van der Waals surface area contributed by atoms with Crippen molar-refractivity contribution >= 4 is 11.5 Å². The van der Waals surface area contributed by atoms with Gasteiger partial charge in [-0.3, -0.25) is 0 Å². The predicted molar refractivity (Wildman–Crippen MR) is 56.8 cm³/mol. The predicted octanol–water partition coefficient (Wildman–Crippen LogP) is 2.18. The Bertz CT molecular complexity index is 283. The largest absolute Gasteiger partial charge is 0.396 e. The van der Waals surface area contributed by atoms with Crippen LogP contribution in [-0.4, -0.2) is 11.0 Å². The highest BCUT2D eigenvalue weighted by molar-refractivity contribution is 5.65. The van der Waals surface area contributed by atoms with Gasteiger partial charge in [-0.05, 0) is 31.9 Å². The monoisotopic (exact) mass is 179 g/mol. The van der Waals surface area contributed by atoms with Gasteiger partial charge in [0.2, 0.25) is 0 Å². The Morgan fingerprint density at radius 1 is 1.62 bits per heavy atom. The molecule has 0 aliphatic heterocycles. The first-order valence-corrected chi connectivity index (χ1v) is 4.62. The first kappa shape index (κ1) is 9.84. The third-order valence-corrected chi connectivity index (χ3v) is 2.20. The number of anilines is 2. The highest BCUT2D eigenvalue weighted by atomic mass is 15.0. The fourth-order valence-corrected chi connectivity index (χ4v) is 1.02. The summed E-state index contributed by atoms with van der Waals surface area (Å²) in [6, 6.07) is 2.33. The van der Waals surface area contributed by atoms with E-state index in [1.54, 1.807) is 6.20 Å². The van der Waals surface area contributed by atoms with Crippen molar-refractivity contribution in [3.05, 3.63) is 17.8 Å². The van der Waals surface area contributed by atoms with Crippen LogP contribution < -0.4 is 11.1 Å². The van der Waals surface area contributed by atoms with Gasteiger partial charge < -0.3 is 11.1 Å². The number of nitrogens with zero attached hydrogens (tertiary/aromatic N) is 1. The van der Waals surface area contributed by atoms with Crippen LogP contribution in [0.5, 0.6) is 0 Å². The lowest BCUT2D eigenvalue weighted by Gasteiger charge is -2.14. The van der Waals surface area contributed by atoms with Crippen LogP contribution in [0.2, 0.25) is 0 Å². The van der Waals surface area contributed by atoms with E-state index in [4.69, 9.17) is 5.73 Å². The molecular formula is C10H17N3. The van der Waals surface area contributed by atoms with Crippen molar-refractivity contribution in [1.29, 1.82) is 0 Å². The molecule has 3 heteroatoms. The molecule has 0 amide bonds. The summed E-state index contributed by atoms with van der Waals surface area (Å²) < 4.78 is 0. The van der Waals surface area contributed by atoms with E-state index < -0.39 is 0 Å². The number of hydrogen-bond donors (Lipinski definition) is 2. The molecule has 1 atom stereocenters. The maximum Gasteiger partial charge on any atom is 0.149 e. The summed E-state index contributed by atoms with van der Waals surface area (Å²) in [4.78, 5) is 4.19. The molecular weight excluding hydrogens is 162 g/mol. The van der Waals surface area contributed by atoms with Crippen LogP contribution in [0.1, 0.15) is 25.8 Å². The highest BCUT2D eigenvalue weighted by Gasteiger charge is 2.04. The fraction of sp³-hybridized carbons (Fsp3) is 0.500. The quantitative estimate of drug-likeness (QED) is 0.747. The van der Waals surface area contributed by atoms with Gasteiger partial charge in [0.15, 0.2) is 0 Å². The van der Waals surface area contributed by atoms with Gasteiger partial charge >= 0.3 is 0 Å². The Balaban J connectivity index is 2.83. The number of nitrogens with two attached hydrogens (primary N) is 1. The zero-order valence-corrected chi connectivity index (χ0v) is 8.46. The first-order valence-electron chi connectivity index (χ1n) is 4.62. The van der Waals surface area contributed by atoms with E-state index in [-0.39, 0.29) is 0 Å². The maximum atomic E-state index is 5.86. The second kappa shape index (κ2) is 4.12. The number of aryl methyl sites for hydroxylation is 1. The van der Waals surface area contributed by atoms with Crippen LogP contribution in [0.15, 0.2) is 12.3 Å². The summed E-state index contributed by atoms with van der Waals surface area (Å²) in [6.07, 6.45) is 2.84. The summed E-state index contributed by atoms with van der Waals surface area (Å²) in [5.74, 6) is 0.800. The van der Waals surface area contributed by atoms with E-state index in [9.17, 15) is 0 Å². The van der Waals surface area contributed by atoms with Gasteiger partial charge in [0.05, 0.1) is 5.69 Å². The van der Waals surface area contributed by atoms with Gasteiger partial charge in [0.25, 0.3) is 0 Å². The number of aromatic nitrogens is 1. The van der Waals surface area contributed by atoms with Crippen LogP contribution >= 0.6 is 0 Å². The van der Waals surface area contributed by atoms with Gasteiger partial charge in [-0.2, -0.15) is 0 Å². The molecule has 1 rings (SSSR count). The zero-order chi connectivity index (χ0) is 9.84. The molecule has 1 aromatic heterocycles. The molecule has 0 radical (unpaired) electrons. The van der Waals surface area contributed by atoms with Gasteiger partial charge in [-0.1, -0.05) is 6.92 Å². The third-order valence-electron chi connectivity index (χ3n) is 2.20. The minimum atomic E-state index is 0.414. The summed E-state index contributed by atoms with van der Waals surface area (Å²) in [5.41, 5.74) is 7.68. The Morgan fingerprint density at radius 3 is 2.92 bits per heavy atom. The Morgan fingerprint density at radius 2 is 2.31 bits per heavy atom. The molecule has 72 valence electrons. The van der Waals surface area contributed by atoms with Crippen molar-refractivity contribution in [2.24, 2.45) is 0 Å². The minimum Gasteiger partial charge on any atom is -0.396 e. The molecule has 0 aromatic carbocycles. The normalized spacial score (nSPS) is 12.5. The lowest BCUT2D eigenvalue weighted by molar-refractivity contribution is 0.759. The summed E-state index contributed by atoms with van der Waals surface area (Å²) >= 11 is 0. The van der Waals surface area contributed by atoms with Crippen LogP contribution in [-0.2, 0) is 0 Å². The van der Waals surface area contributed by atoms with E-state index in [0.717, 1.165) is 23.5 Å². The summed E-state index contributed by atoms with van der Waals surface area (Å²) in [5, 5.41) is 3.26. The van der Waals surface area contributed by atoms with Crippen LogP contribution in [0.3, 0.4) is 0 Å². The zero-order valence-electron chi connectivity index (χ0n) is 8.46. The van der Waals surface area contributed by atoms with Crippen molar-refractivity contribution in [2.45, 2.75) is 33.2 Å². The molecule has 0 aliphatic carbocycles. The molecule has 0 aliphatic rings. The minimum absolute atomic E-state index is 0.414. The molecule has 0 saturated heterocycles. The number of nitrogens with one attached hydrogen (secondary N) is 1. The van der Waals surface area contributed by atoms with Crippen molar-refractivity contribution in [2.75, 3.05) is 11.1 Å². The Kier molecular flexibility index (Phi) is 3.12. The smallest absolute Gasteiger partial charge is 0.149 e. The molecule has 1 aromatic rings. The molecule has 3 N–H and O–H groups in total. The van der Waals surface area contributed by atoms with E-state index >= 15 is 0 Å². The lowest BCUT2D eigenvalue weighted by atomic mass is 10.2. The van der Waals surface area contributed by atoms with Crippen LogP contribution in [0.25, 0.3) is 0 Å². The van der Waals surface area contributed by atoms with E-state index in [1.807, 2.05) is 13.0 Å². The average Bonchev–Trinajstić information content (AvgIpc) is 2.13. The van der Waals surface area contributed by atoms with Gasteiger partial charge in [-0.15, -0.1) is 0 Å². The molecule has 0 spiro atoms. The van der Waals surface area contributed by atoms with E-state index in [1.165, 1.54) is 0 Å². The summed E-state index contributed by atoms with van der Waals surface area (Å²) in [6.45, 7) is 6.23. The topological polar surface area (TPSA) is 50.9 Å².